The highest BCUT2D eigenvalue weighted by Gasteiger charge is 2.25. The van der Waals surface area contributed by atoms with Crippen molar-refractivity contribution in [2.75, 3.05) is 12.3 Å². The summed E-state index contributed by atoms with van der Waals surface area (Å²) in [4.78, 5) is 1.09. The lowest BCUT2D eigenvalue weighted by atomic mass is 10.2. The van der Waals surface area contributed by atoms with Crippen molar-refractivity contribution in [3.05, 3.63) is 23.8 Å². The van der Waals surface area contributed by atoms with Crippen LogP contribution in [0.15, 0.2) is 23.1 Å². The second-order valence-electron chi connectivity index (χ2n) is 3.88. The molecular formula is C12H14N2OS. The van der Waals surface area contributed by atoms with Gasteiger partial charge in [0.2, 0.25) is 0 Å². The zero-order chi connectivity index (χ0) is 11.5. The van der Waals surface area contributed by atoms with Crippen LogP contribution < -0.4 is 5.73 Å². The zero-order valence-electron chi connectivity index (χ0n) is 9.14. The van der Waals surface area contributed by atoms with Crippen LogP contribution in [-0.4, -0.2) is 18.0 Å². The Kier molecular flexibility index (Phi) is 3.37. The first kappa shape index (κ1) is 11.3. The molecule has 2 unspecified atom stereocenters. The van der Waals surface area contributed by atoms with Gasteiger partial charge in [-0.15, -0.1) is 11.8 Å². The smallest absolute Gasteiger partial charge is 0.101 e. The minimum atomic E-state index is 0.285. The van der Waals surface area contributed by atoms with Crippen molar-refractivity contribution in [1.82, 2.24) is 0 Å². The van der Waals surface area contributed by atoms with Gasteiger partial charge in [0.15, 0.2) is 0 Å². The van der Waals surface area contributed by atoms with Crippen LogP contribution in [0.5, 0.6) is 0 Å². The molecule has 84 valence electrons. The van der Waals surface area contributed by atoms with Crippen LogP contribution >= 0.6 is 11.8 Å². The molecule has 4 heteroatoms. The minimum absolute atomic E-state index is 0.285. The molecule has 1 heterocycles. The number of hydrogen-bond acceptors (Lipinski definition) is 4. The maximum atomic E-state index is 8.89. The first-order chi connectivity index (χ1) is 7.70. The third kappa shape index (κ3) is 2.31. The van der Waals surface area contributed by atoms with Gasteiger partial charge in [0.25, 0.3) is 0 Å². The average molecular weight is 234 g/mol. The number of ether oxygens (including phenoxy) is 1. The van der Waals surface area contributed by atoms with Crippen LogP contribution in [0.2, 0.25) is 0 Å². The summed E-state index contributed by atoms with van der Waals surface area (Å²) in [5.74, 6) is 0. The largest absolute Gasteiger partial charge is 0.398 e. The van der Waals surface area contributed by atoms with Gasteiger partial charge in [0.05, 0.1) is 11.7 Å². The van der Waals surface area contributed by atoms with Gasteiger partial charge in [-0.3, -0.25) is 0 Å². The van der Waals surface area contributed by atoms with Gasteiger partial charge in [-0.1, -0.05) is 0 Å². The Morgan fingerprint density at radius 2 is 2.38 bits per heavy atom. The van der Waals surface area contributed by atoms with E-state index in [1.165, 1.54) is 0 Å². The second-order valence-corrected chi connectivity index (χ2v) is 5.19. The number of nitriles is 1. The van der Waals surface area contributed by atoms with E-state index in [2.05, 4.69) is 13.0 Å². The van der Waals surface area contributed by atoms with E-state index in [-0.39, 0.29) is 6.10 Å². The van der Waals surface area contributed by atoms with E-state index in [1.807, 2.05) is 12.1 Å². The van der Waals surface area contributed by atoms with Crippen molar-refractivity contribution in [3.63, 3.8) is 0 Å². The standard InChI is InChI=1S/C12H14N2OS/c1-8-12(4-5-15-8)16-10-2-3-11(14)9(6-10)7-13/h2-3,6,8,12H,4-5,14H2,1H3. The van der Waals surface area contributed by atoms with E-state index in [1.54, 1.807) is 17.8 Å². The van der Waals surface area contributed by atoms with Gasteiger partial charge in [-0.2, -0.15) is 5.26 Å². The summed E-state index contributed by atoms with van der Waals surface area (Å²) in [6.45, 7) is 2.92. The monoisotopic (exact) mass is 234 g/mol. The maximum absolute atomic E-state index is 8.89. The van der Waals surface area contributed by atoms with Gasteiger partial charge < -0.3 is 10.5 Å². The number of nitrogen functional groups attached to an aromatic ring is 1. The fourth-order valence-corrected chi connectivity index (χ4v) is 2.91. The Hall–Kier alpha value is -1.18. The predicted molar refractivity (Wildman–Crippen MR) is 65.2 cm³/mol. The Labute approximate surface area is 99.6 Å². The molecule has 0 amide bonds. The van der Waals surface area contributed by atoms with Crippen LogP contribution in [0.1, 0.15) is 18.9 Å². The molecule has 1 aliphatic heterocycles. The summed E-state index contributed by atoms with van der Waals surface area (Å²) in [5, 5.41) is 9.37. The number of thioether (sulfide) groups is 1. The molecule has 0 saturated carbocycles. The Balaban J connectivity index is 2.13. The summed E-state index contributed by atoms with van der Waals surface area (Å²) in [6, 6.07) is 7.71. The molecule has 2 N–H and O–H groups in total. The molecule has 1 aliphatic rings. The van der Waals surface area contributed by atoms with E-state index in [0.29, 0.717) is 16.5 Å². The van der Waals surface area contributed by atoms with E-state index < -0.39 is 0 Å². The summed E-state index contributed by atoms with van der Waals surface area (Å²) in [5.41, 5.74) is 6.78. The van der Waals surface area contributed by atoms with Gasteiger partial charge >= 0.3 is 0 Å². The quantitative estimate of drug-likeness (QED) is 0.798. The van der Waals surface area contributed by atoms with E-state index >= 15 is 0 Å². The highest BCUT2D eigenvalue weighted by Crippen LogP contribution is 2.33. The fraction of sp³-hybridized carbons (Fsp3) is 0.417. The van der Waals surface area contributed by atoms with Crippen molar-refractivity contribution >= 4 is 17.4 Å². The fourth-order valence-electron chi connectivity index (χ4n) is 1.75. The van der Waals surface area contributed by atoms with Gasteiger partial charge in [-0.05, 0) is 31.5 Å². The van der Waals surface area contributed by atoms with Crippen LogP contribution in [-0.2, 0) is 4.74 Å². The SMILES string of the molecule is CC1OCCC1Sc1ccc(N)c(C#N)c1. The van der Waals surface area contributed by atoms with Crippen molar-refractivity contribution < 1.29 is 4.74 Å². The summed E-state index contributed by atoms with van der Waals surface area (Å²) in [7, 11) is 0. The molecule has 1 aromatic carbocycles. The van der Waals surface area contributed by atoms with E-state index in [9.17, 15) is 0 Å². The Morgan fingerprint density at radius 1 is 1.56 bits per heavy atom. The van der Waals surface area contributed by atoms with E-state index in [0.717, 1.165) is 17.9 Å². The van der Waals surface area contributed by atoms with Gasteiger partial charge in [0, 0.05) is 22.4 Å². The Bertz CT molecular complexity index is 428. The molecule has 0 spiro atoms. The number of nitrogens with two attached hydrogens (primary N) is 1. The normalized spacial score (nSPS) is 24.2. The lowest BCUT2D eigenvalue weighted by Crippen LogP contribution is -2.12. The number of rotatable bonds is 2. The molecular weight excluding hydrogens is 220 g/mol. The van der Waals surface area contributed by atoms with E-state index in [4.69, 9.17) is 15.7 Å². The molecule has 0 bridgehead atoms. The maximum Gasteiger partial charge on any atom is 0.101 e. The third-order valence-corrected chi connectivity index (χ3v) is 4.19. The van der Waals surface area contributed by atoms with Crippen molar-refractivity contribution in [2.24, 2.45) is 0 Å². The van der Waals surface area contributed by atoms with Crippen molar-refractivity contribution in [3.8, 4) is 6.07 Å². The first-order valence-electron chi connectivity index (χ1n) is 5.28. The highest BCUT2D eigenvalue weighted by molar-refractivity contribution is 8.00. The number of nitrogens with zero attached hydrogens (tertiary/aromatic N) is 1. The first-order valence-corrected chi connectivity index (χ1v) is 6.16. The molecule has 2 atom stereocenters. The van der Waals surface area contributed by atoms with Crippen LogP contribution in [0.4, 0.5) is 5.69 Å². The summed E-state index contributed by atoms with van der Waals surface area (Å²) in [6.07, 6.45) is 1.35. The molecule has 16 heavy (non-hydrogen) atoms. The second kappa shape index (κ2) is 4.77. The summed E-state index contributed by atoms with van der Waals surface area (Å²) >= 11 is 1.77. The lowest BCUT2D eigenvalue weighted by Gasteiger charge is -2.13. The molecule has 1 aromatic rings. The number of hydrogen-bond donors (Lipinski definition) is 1. The predicted octanol–water partition coefficient (Wildman–Crippen LogP) is 2.41. The molecule has 1 saturated heterocycles. The van der Waals surface area contributed by atoms with Gasteiger partial charge in [-0.25, -0.2) is 0 Å². The molecule has 0 aliphatic carbocycles. The van der Waals surface area contributed by atoms with Crippen LogP contribution in [0.25, 0.3) is 0 Å². The highest BCUT2D eigenvalue weighted by atomic mass is 32.2. The zero-order valence-corrected chi connectivity index (χ0v) is 9.96. The lowest BCUT2D eigenvalue weighted by molar-refractivity contribution is 0.127. The molecule has 0 aromatic heterocycles. The van der Waals surface area contributed by atoms with Crippen LogP contribution in [0, 0.1) is 11.3 Å². The average Bonchev–Trinajstić information content (AvgIpc) is 2.67. The van der Waals surface area contributed by atoms with Crippen molar-refractivity contribution in [1.29, 1.82) is 5.26 Å². The number of anilines is 1. The molecule has 3 nitrogen and oxygen atoms in total. The van der Waals surface area contributed by atoms with Gasteiger partial charge in [0.1, 0.15) is 6.07 Å². The number of benzene rings is 1. The third-order valence-electron chi connectivity index (χ3n) is 2.74. The molecule has 2 rings (SSSR count). The minimum Gasteiger partial charge on any atom is -0.398 e. The molecule has 0 radical (unpaired) electrons. The van der Waals surface area contributed by atoms with Crippen molar-refractivity contribution in [2.45, 2.75) is 29.6 Å². The Morgan fingerprint density at radius 3 is 3.00 bits per heavy atom. The van der Waals surface area contributed by atoms with Crippen LogP contribution in [0.3, 0.4) is 0 Å². The topological polar surface area (TPSA) is 59.0 Å². The molecule has 1 fully saturated rings. The summed E-state index contributed by atoms with van der Waals surface area (Å²) < 4.78 is 5.51.